The van der Waals surface area contributed by atoms with E-state index in [1.807, 2.05) is 24.3 Å². The van der Waals surface area contributed by atoms with Gasteiger partial charge in [0.25, 0.3) is 0 Å². The molecule has 0 bridgehead atoms. The van der Waals surface area contributed by atoms with Crippen LogP contribution in [0.3, 0.4) is 0 Å². The Kier molecular flexibility index (Phi) is 3.02. The summed E-state index contributed by atoms with van der Waals surface area (Å²) in [6.45, 7) is 1.34. The molecular weight excluding hydrogens is 230 g/mol. The van der Waals surface area contributed by atoms with Crippen molar-refractivity contribution in [2.75, 3.05) is 13.2 Å². The minimum Gasteiger partial charge on any atom is -0.459 e. The van der Waals surface area contributed by atoms with Gasteiger partial charge in [0.15, 0.2) is 0 Å². The van der Waals surface area contributed by atoms with Gasteiger partial charge in [0.05, 0.1) is 18.8 Å². The van der Waals surface area contributed by atoms with E-state index in [1.165, 1.54) is 0 Å². The molecule has 2 aromatic rings. The molecule has 0 unspecified atom stereocenters. The van der Waals surface area contributed by atoms with Crippen molar-refractivity contribution in [2.24, 2.45) is 0 Å². The molecule has 94 valence electrons. The number of hydrogen-bond acceptors (Lipinski definition) is 3. The summed E-state index contributed by atoms with van der Waals surface area (Å²) in [6, 6.07) is 7.72. The van der Waals surface area contributed by atoms with Crippen LogP contribution in [0.4, 0.5) is 0 Å². The van der Waals surface area contributed by atoms with Crippen molar-refractivity contribution < 1.29 is 14.3 Å². The normalized spacial score (nSPS) is 16.9. The summed E-state index contributed by atoms with van der Waals surface area (Å²) in [4.78, 5) is 15.2. The van der Waals surface area contributed by atoms with Crippen molar-refractivity contribution in [3.63, 3.8) is 0 Å². The summed E-state index contributed by atoms with van der Waals surface area (Å²) in [6.07, 6.45) is 3.27. The Morgan fingerprint density at radius 3 is 2.89 bits per heavy atom. The summed E-state index contributed by atoms with van der Waals surface area (Å²) >= 11 is 0. The number of H-pyrrole nitrogens is 1. The molecule has 3 rings (SSSR count). The van der Waals surface area contributed by atoms with Crippen molar-refractivity contribution in [1.29, 1.82) is 0 Å². The maximum atomic E-state index is 12.1. The van der Waals surface area contributed by atoms with Crippen LogP contribution in [0.1, 0.15) is 23.2 Å². The second-order valence-corrected chi connectivity index (χ2v) is 4.46. The van der Waals surface area contributed by atoms with Crippen molar-refractivity contribution >= 4 is 16.9 Å². The standard InChI is InChI=1S/C14H15NO3/c16-14(18-10-5-7-17-8-6-10)12-9-15-13-4-2-1-3-11(12)13/h1-4,9-10,15H,5-8H2. The fourth-order valence-corrected chi connectivity index (χ4v) is 2.25. The molecule has 2 heterocycles. The first-order valence-electron chi connectivity index (χ1n) is 6.19. The van der Waals surface area contributed by atoms with Gasteiger partial charge >= 0.3 is 5.97 Å². The molecule has 0 radical (unpaired) electrons. The van der Waals surface area contributed by atoms with Crippen LogP contribution in [-0.4, -0.2) is 30.3 Å². The molecule has 1 aliphatic heterocycles. The lowest BCUT2D eigenvalue weighted by atomic mass is 10.1. The Morgan fingerprint density at radius 2 is 2.06 bits per heavy atom. The van der Waals surface area contributed by atoms with Gasteiger partial charge in [-0.15, -0.1) is 0 Å². The Bertz CT molecular complexity index is 555. The number of rotatable bonds is 2. The van der Waals surface area contributed by atoms with Crippen molar-refractivity contribution in [3.8, 4) is 0 Å². The van der Waals surface area contributed by atoms with E-state index in [2.05, 4.69) is 4.98 Å². The van der Waals surface area contributed by atoms with Gasteiger partial charge in [-0.25, -0.2) is 4.79 Å². The van der Waals surface area contributed by atoms with E-state index in [-0.39, 0.29) is 12.1 Å². The number of ether oxygens (including phenoxy) is 2. The first kappa shape index (κ1) is 11.3. The summed E-state index contributed by atoms with van der Waals surface area (Å²) in [5.41, 5.74) is 1.56. The molecule has 1 fully saturated rings. The topological polar surface area (TPSA) is 51.3 Å². The number of benzene rings is 1. The Labute approximate surface area is 105 Å². The van der Waals surface area contributed by atoms with E-state index >= 15 is 0 Å². The summed E-state index contributed by atoms with van der Waals surface area (Å²) in [7, 11) is 0. The zero-order valence-electron chi connectivity index (χ0n) is 10.0. The smallest absolute Gasteiger partial charge is 0.340 e. The summed E-state index contributed by atoms with van der Waals surface area (Å²) < 4.78 is 10.7. The molecular formula is C14H15NO3. The van der Waals surface area contributed by atoms with Crippen LogP contribution in [0.5, 0.6) is 0 Å². The Morgan fingerprint density at radius 1 is 1.28 bits per heavy atom. The highest BCUT2D eigenvalue weighted by molar-refractivity contribution is 6.04. The van der Waals surface area contributed by atoms with Crippen LogP contribution in [0.2, 0.25) is 0 Å². The van der Waals surface area contributed by atoms with E-state index in [4.69, 9.17) is 9.47 Å². The maximum absolute atomic E-state index is 12.1. The van der Waals surface area contributed by atoms with Gasteiger partial charge in [-0.2, -0.15) is 0 Å². The number of nitrogens with one attached hydrogen (secondary N) is 1. The summed E-state index contributed by atoms with van der Waals surface area (Å²) in [5.74, 6) is -0.251. The second kappa shape index (κ2) is 4.82. The number of aromatic nitrogens is 1. The molecule has 4 heteroatoms. The van der Waals surface area contributed by atoms with Gasteiger partial charge in [0, 0.05) is 29.9 Å². The third-order valence-corrected chi connectivity index (χ3v) is 3.25. The Hall–Kier alpha value is -1.81. The molecule has 1 N–H and O–H groups in total. The van der Waals surface area contributed by atoms with E-state index in [0.717, 1.165) is 23.7 Å². The monoisotopic (exact) mass is 245 g/mol. The Balaban J connectivity index is 1.79. The molecule has 1 aromatic heterocycles. The summed E-state index contributed by atoms with van der Waals surface area (Å²) in [5, 5.41) is 0.912. The van der Waals surface area contributed by atoms with Crippen LogP contribution < -0.4 is 0 Å². The molecule has 1 saturated heterocycles. The van der Waals surface area contributed by atoms with Crippen LogP contribution in [0.25, 0.3) is 10.9 Å². The number of fused-ring (bicyclic) bond motifs is 1. The highest BCUT2D eigenvalue weighted by Gasteiger charge is 2.20. The fourth-order valence-electron chi connectivity index (χ4n) is 2.25. The van der Waals surface area contributed by atoms with Gasteiger partial charge in [-0.05, 0) is 6.07 Å². The number of esters is 1. The zero-order chi connectivity index (χ0) is 12.4. The van der Waals surface area contributed by atoms with Crippen molar-refractivity contribution in [1.82, 2.24) is 4.98 Å². The first-order valence-corrected chi connectivity index (χ1v) is 6.19. The highest BCUT2D eigenvalue weighted by Crippen LogP contribution is 2.20. The average molecular weight is 245 g/mol. The molecule has 4 nitrogen and oxygen atoms in total. The quantitative estimate of drug-likeness (QED) is 0.827. The van der Waals surface area contributed by atoms with Crippen LogP contribution in [0.15, 0.2) is 30.5 Å². The SMILES string of the molecule is O=C(OC1CCOCC1)c1c[nH]c2ccccc12. The molecule has 0 atom stereocenters. The predicted octanol–water partition coefficient (Wildman–Crippen LogP) is 2.50. The first-order chi connectivity index (χ1) is 8.84. The van der Waals surface area contributed by atoms with Gasteiger partial charge in [-0.3, -0.25) is 0 Å². The lowest BCUT2D eigenvalue weighted by Gasteiger charge is -2.21. The molecule has 1 aromatic carbocycles. The number of carbonyl (C=O) groups is 1. The molecule has 0 amide bonds. The molecule has 0 saturated carbocycles. The van der Waals surface area contributed by atoms with E-state index < -0.39 is 0 Å². The molecule has 0 spiro atoms. The number of para-hydroxylation sites is 1. The molecule has 1 aliphatic rings. The minimum absolute atomic E-state index is 0.0140. The van der Waals surface area contributed by atoms with Crippen LogP contribution in [0, 0.1) is 0 Å². The van der Waals surface area contributed by atoms with E-state index in [0.29, 0.717) is 18.8 Å². The zero-order valence-corrected chi connectivity index (χ0v) is 10.0. The van der Waals surface area contributed by atoms with Gasteiger partial charge in [0.2, 0.25) is 0 Å². The molecule has 18 heavy (non-hydrogen) atoms. The predicted molar refractivity (Wildman–Crippen MR) is 67.6 cm³/mol. The van der Waals surface area contributed by atoms with E-state index in [9.17, 15) is 4.79 Å². The number of hydrogen-bond donors (Lipinski definition) is 1. The number of carbonyl (C=O) groups excluding carboxylic acids is 1. The minimum atomic E-state index is -0.251. The number of aromatic amines is 1. The average Bonchev–Trinajstić information content (AvgIpc) is 2.84. The fraction of sp³-hybridized carbons (Fsp3) is 0.357. The third kappa shape index (κ3) is 2.11. The largest absolute Gasteiger partial charge is 0.459 e. The lowest BCUT2D eigenvalue weighted by molar-refractivity contribution is -0.0157. The maximum Gasteiger partial charge on any atom is 0.340 e. The van der Waals surface area contributed by atoms with Gasteiger partial charge in [-0.1, -0.05) is 18.2 Å². The van der Waals surface area contributed by atoms with Crippen molar-refractivity contribution in [3.05, 3.63) is 36.0 Å². The van der Waals surface area contributed by atoms with Gasteiger partial charge < -0.3 is 14.5 Å². The van der Waals surface area contributed by atoms with E-state index in [1.54, 1.807) is 6.20 Å². The van der Waals surface area contributed by atoms with Crippen LogP contribution >= 0.6 is 0 Å². The van der Waals surface area contributed by atoms with Crippen LogP contribution in [-0.2, 0) is 9.47 Å². The van der Waals surface area contributed by atoms with Crippen molar-refractivity contribution in [2.45, 2.75) is 18.9 Å². The molecule has 0 aliphatic carbocycles. The highest BCUT2D eigenvalue weighted by atomic mass is 16.6. The van der Waals surface area contributed by atoms with Gasteiger partial charge in [0.1, 0.15) is 6.10 Å². The second-order valence-electron chi connectivity index (χ2n) is 4.46. The third-order valence-electron chi connectivity index (χ3n) is 3.25. The lowest BCUT2D eigenvalue weighted by Crippen LogP contribution is -2.26.